The van der Waals surface area contributed by atoms with Crippen LogP contribution in [0.4, 0.5) is 0 Å². The molecule has 14 heavy (non-hydrogen) atoms. The number of nitrogens with one attached hydrogen (secondary N) is 1. The Morgan fingerprint density at radius 1 is 1.64 bits per heavy atom. The number of H-pyrrole nitrogens is 1. The van der Waals surface area contributed by atoms with Crippen molar-refractivity contribution in [1.82, 2.24) is 24.4 Å². The number of aromatic nitrogens is 5. The summed E-state index contributed by atoms with van der Waals surface area (Å²) in [6, 6.07) is 0. The Labute approximate surface area is 90.0 Å². The number of hydrogen-bond donors (Lipinski definition) is 1. The van der Waals surface area contributed by atoms with Gasteiger partial charge in [-0.15, -0.1) is 5.10 Å². The Morgan fingerprint density at radius 2 is 2.50 bits per heavy atom. The molecule has 2 aromatic rings. The van der Waals surface area contributed by atoms with Gasteiger partial charge in [0.05, 0.1) is 17.6 Å². The van der Waals surface area contributed by atoms with Gasteiger partial charge in [-0.05, 0) is 23.8 Å². The van der Waals surface area contributed by atoms with Crippen molar-refractivity contribution >= 4 is 23.8 Å². The van der Waals surface area contributed by atoms with Crippen LogP contribution in [0.5, 0.6) is 0 Å². The van der Waals surface area contributed by atoms with E-state index in [1.165, 1.54) is 11.5 Å². The van der Waals surface area contributed by atoms with Crippen LogP contribution >= 0.6 is 23.8 Å². The highest BCUT2D eigenvalue weighted by Crippen LogP contribution is 2.08. The fourth-order valence-electron chi connectivity index (χ4n) is 1.20. The predicted octanol–water partition coefficient (Wildman–Crippen LogP) is 1.40. The van der Waals surface area contributed by atoms with Crippen LogP contribution in [0.2, 0.25) is 0 Å². The number of nitrogens with zero attached hydrogens (tertiary/aromatic N) is 4. The lowest BCUT2D eigenvalue weighted by atomic mass is 10.4. The third-order valence-corrected chi connectivity index (χ3v) is 2.83. The molecule has 0 radical (unpaired) electrons. The van der Waals surface area contributed by atoms with E-state index in [4.69, 9.17) is 12.2 Å². The van der Waals surface area contributed by atoms with E-state index in [-0.39, 0.29) is 0 Å². The van der Waals surface area contributed by atoms with Gasteiger partial charge < -0.3 is 0 Å². The molecule has 0 aliphatic heterocycles. The van der Waals surface area contributed by atoms with Gasteiger partial charge in [-0.3, -0.25) is 9.67 Å². The van der Waals surface area contributed by atoms with Crippen molar-refractivity contribution in [2.75, 3.05) is 0 Å². The van der Waals surface area contributed by atoms with Crippen molar-refractivity contribution in [3.05, 3.63) is 21.7 Å². The molecule has 0 saturated carbocycles. The average molecular weight is 227 g/mol. The Bertz CT molecular complexity index is 455. The molecule has 2 heterocycles. The van der Waals surface area contributed by atoms with Gasteiger partial charge in [-0.25, -0.2) is 0 Å². The van der Waals surface area contributed by atoms with Crippen LogP contribution < -0.4 is 0 Å². The second-order valence-electron chi connectivity index (χ2n) is 2.77. The Hall–Kier alpha value is -1.08. The quantitative estimate of drug-likeness (QED) is 0.805. The summed E-state index contributed by atoms with van der Waals surface area (Å²) < 4.78 is 6.41. The molecule has 1 N–H and O–H groups in total. The van der Waals surface area contributed by atoms with Gasteiger partial charge in [-0.1, -0.05) is 11.4 Å². The first-order chi connectivity index (χ1) is 6.81. The largest absolute Gasteiger partial charge is 0.299 e. The maximum atomic E-state index is 5.12. The maximum absolute atomic E-state index is 5.12. The van der Waals surface area contributed by atoms with Gasteiger partial charge in [-0.2, -0.15) is 5.10 Å². The molecule has 7 heteroatoms. The topological polar surface area (TPSA) is 59.4 Å². The van der Waals surface area contributed by atoms with Crippen LogP contribution in [0.25, 0.3) is 0 Å². The molecule has 74 valence electrons. The molecule has 0 amide bonds. The van der Waals surface area contributed by atoms with Gasteiger partial charge >= 0.3 is 0 Å². The maximum Gasteiger partial charge on any atom is 0.195 e. The van der Waals surface area contributed by atoms with Crippen molar-refractivity contribution in [2.45, 2.75) is 19.9 Å². The lowest BCUT2D eigenvalue weighted by Gasteiger charge is -2.01. The number of aryl methyl sites for hydroxylation is 1. The highest BCUT2D eigenvalue weighted by molar-refractivity contribution is 7.71. The molecule has 0 atom stereocenters. The van der Waals surface area contributed by atoms with Crippen LogP contribution in [0, 0.1) is 4.77 Å². The fraction of sp³-hybridized carbons (Fsp3) is 0.429. The standard InChI is InChI=1S/C7H9N5S2/c1-2-6-9-10-7(13)12(6)4-5-3-8-11-14-5/h3H,2,4H2,1H3,(H,10,13). The molecule has 0 bridgehead atoms. The van der Waals surface area contributed by atoms with E-state index in [2.05, 4.69) is 19.8 Å². The summed E-state index contributed by atoms with van der Waals surface area (Å²) in [5.41, 5.74) is 0. The molecular formula is C7H9N5S2. The monoisotopic (exact) mass is 227 g/mol. The minimum atomic E-state index is 0.648. The normalized spacial score (nSPS) is 10.6. The summed E-state index contributed by atoms with van der Waals surface area (Å²) in [4.78, 5) is 1.08. The number of hydrogen-bond acceptors (Lipinski definition) is 5. The van der Waals surface area contributed by atoms with Crippen LogP contribution in [0.3, 0.4) is 0 Å². The van der Waals surface area contributed by atoms with Gasteiger partial charge in [0.15, 0.2) is 4.77 Å². The van der Waals surface area contributed by atoms with E-state index in [0.29, 0.717) is 11.3 Å². The van der Waals surface area contributed by atoms with E-state index < -0.39 is 0 Å². The van der Waals surface area contributed by atoms with Crippen LogP contribution in [-0.2, 0) is 13.0 Å². The first kappa shape index (κ1) is 9.47. The van der Waals surface area contributed by atoms with Gasteiger partial charge in [0, 0.05) is 6.42 Å². The van der Waals surface area contributed by atoms with Crippen LogP contribution in [0.1, 0.15) is 17.6 Å². The van der Waals surface area contributed by atoms with Gasteiger partial charge in [0.2, 0.25) is 0 Å². The summed E-state index contributed by atoms with van der Waals surface area (Å²) in [6.07, 6.45) is 2.61. The molecule has 0 aromatic carbocycles. The zero-order valence-electron chi connectivity index (χ0n) is 7.60. The van der Waals surface area contributed by atoms with E-state index in [1.807, 2.05) is 11.5 Å². The predicted molar refractivity (Wildman–Crippen MR) is 55.8 cm³/mol. The van der Waals surface area contributed by atoms with E-state index in [1.54, 1.807) is 6.20 Å². The summed E-state index contributed by atoms with van der Waals surface area (Å²) in [7, 11) is 0. The molecule has 0 unspecified atom stereocenters. The highest BCUT2D eigenvalue weighted by Gasteiger charge is 2.05. The Morgan fingerprint density at radius 3 is 3.14 bits per heavy atom. The Balaban J connectivity index is 2.32. The van der Waals surface area contributed by atoms with Gasteiger partial charge in [0.25, 0.3) is 0 Å². The zero-order chi connectivity index (χ0) is 9.97. The van der Waals surface area contributed by atoms with Crippen molar-refractivity contribution < 1.29 is 0 Å². The number of aromatic amines is 1. The summed E-state index contributed by atoms with van der Waals surface area (Å²) in [6.45, 7) is 2.75. The van der Waals surface area contributed by atoms with Crippen molar-refractivity contribution in [3.63, 3.8) is 0 Å². The van der Waals surface area contributed by atoms with E-state index in [0.717, 1.165) is 17.1 Å². The molecule has 0 spiro atoms. The van der Waals surface area contributed by atoms with E-state index in [9.17, 15) is 0 Å². The third-order valence-electron chi connectivity index (χ3n) is 1.87. The second kappa shape index (κ2) is 3.97. The van der Waals surface area contributed by atoms with Crippen molar-refractivity contribution in [2.24, 2.45) is 0 Å². The highest BCUT2D eigenvalue weighted by atomic mass is 32.1. The minimum absolute atomic E-state index is 0.648. The van der Waals surface area contributed by atoms with Crippen LogP contribution in [0.15, 0.2) is 6.20 Å². The van der Waals surface area contributed by atoms with Crippen LogP contribution in [-0.4, -0.2) is 24.4 Å². The minimum Gasteiger partial charge on any atom is -0.299 e. The first-order valence-corrected chi connectivity index (χ1v) is 5.39. The number of rotatable bonds is 3. The van der Waals surface area contributed by atoms with Crippen molar-refractivity contribution in [1.29, 1.82) is 0 Å². The molecular weight excluding hydrogens is 218 g/mol. The lowest BCUT2D eigenvalue weighted by Crippen LogP contribution is -2.03. The smallest absolute Gasteiger partial charge is 0.195 e. The first-order valence-electron chi connectivity index (χ1n) is 4.21. The zero-order valence-corrected chi connectivity index (χ0v) is 9.23. The SMILES string of the molecule is CCc1n[nH]c(=S)n1Cc1cnns1. The second-order valence-corrected chi connectivity index (χ2v) is 4.03. The molecule has 5 nitrogen and oxygen atoms in total. The van der Waals surface area contributed by atoms with E-state index >= 15 is 0 Å². The average Bonchev–Trinajstić information content (AvgIpc) is 2.79. The molecule has 0 aliphatic carbocycles. The summed E-state index contributed by atoms with van der Waals surface area (Å²) >= 11 is 6.50. The molecule has 0 saturated heterocycles. The molecule has 0 aliphatic rings. The van der Waals surface area contributed by atoms with Gasteiger partial charge in [0.1, 0.15) is 5.82 Å². The Kier molecular flexibility index (Phi) is 2.69. The third kappa shape index (κ3) is 1.73. The summed E-state index contributed by atoms with van der Waals surface area (Å²) in [5.74, 6) is 0.961. The molecule has 2 rings (SSSR count). The molecule has 2 aromatic heterocycles. The van der Waals surface area contributed by atoms with Crippen molar-refractivity contribution in [3.8, 4) is 0 Å². The lowest BCUT2D eigenvalue weighted by molar-refractivity contribution is 0.731. The molecule has 0 fully saturated rings. The fourth-order valence-corrected chi connectivity index (χ4v) is 1.89. The summed E-state index contributed by atoms with van der Waals surface area (Å²) in [5, 5.41) is 10.7.